The lowest BCUT2D eigenvalue weighted by Crippen LogP contribution is -2.47. The SMILES string of the molecule is CCc1ccc(OC)c(N2CCN(CCN)CC2)c1. The highest BCUT2D eigenvalue weighted by Crippen LogP contribution is 2.30. The molecule has 0 aromatic heterocycles. The zero-order valence-corrected chi connectivity index (χ0v) is 12.1. The number of nitrogens with two attached hydrogens (primary N) is 1. The first kappa shape index (κ1) is 14.2. The zero-order valence-electron chi connectivity index (χ0n) is 12.1. The number of nitrogens with zero attached hydrogens (tertiary/aromatic N) is 2. The normalized spacial score (nSPS) is 16.7. The smallest absolute Gasteiger partial charge is 0.142 e. The van der Waals surface area contributed by atoms with E-state index in [1.54, 1.807) is 7.11 Å². The maximum absolute atomic E-state index is 5.61. The van der Waals surface area contributed by atoms with Gasteiger partial charge in [-0.1, -0.05) is 13.0 Å². The summed E-state index contributed by atoms with van der Waals surface area (Å²) in [7, 11) is 1.75. The Morgan fingerprint density at radius 3 is 2.53 bits per heavy atom. The van der Waals surface area contributed by atoms with Crippen LogP contribution in [0, 0.1) is 0 Å². The number of hydrogen-bond donors (Lipinski definition) is 1. The molecular weight excluding hydrogens is 238 g/mol. The second kappa shape index (κ2) is 6.78. The number of hydrogen-bond acceptors (Lipinski definition) is 4. The summed E-state index contributed by atoms with van der Waals surface area (Å²) < 4.78 is 5.50. The Hall–Kier alpha value is -1.26. The molecule has 1 aromatic carbocycles. The fourth-order valence-electron chi connectivity index (χ4n) is 2.60. The molecule has 1 aromatic rings. The van der Waals surface area contributed by atoms with E-state index in [9.17, 15) is 0 Å². The van der Waals surface area contributed by atoms with E-state index in [0.29, 0.717) is 0 Å². The highest BCUT2D eigenvalue weighted by Gasteiger charge is 2.19. The molecule has 0 spiro atoms. The van der Waals surface area contributed by atoms with Gasteiger partial charge in [0.1, 0.15) is 5.75 Å². The third kappa shape index (κ3) is 3.39. The van der Waals surface area contributed by atoms with Gasteiger partial charge in [0, 0.05) is 39.3 Å². The molecule has 0 saturated carbocycles. The number of methoxy groups -OCH3 is 1. The standard InChI is InChI=1S/C15H25N3O/c1-3-13-4-5-15(19-2)14(12-13)18-10-8-17(7-6-16)9-11-18/h4-5,12H,3,6-11,16H2,1-2H3. The average Bonchev–Trinajstić information content (AvgIpc) is 2.47. The predicted octanol–water partition coefficient (Wildman–Crippen LogP) is 1.34. The van der Waals surface area contributed by atoms with Crippen LogP contribution in [0.4, 0.5) is 5.69 Å². The molecule has 0 bridgehead atoms. The first-order valence-electron chi connectivity index (χ1n) is 7.12. The molecule has 0 aliphatic carbocycles. The van der Waals surface area contributed by atoms with E-state index in [1.165, 1.54) is 11.3 Å². The van der Waals surface area contributed by atoms with Gasteiger partial charge < -0.3 is 15.4 Å². The monoisotopic (exact) mass is 263 g/mol. The molecular formula is C15H25N3O. The Balaban J connectivity index is 2.09. The average molecular weight is 263 g/mol. The van der Waals surface area contributed by atoms with E-state index in [4.69, 9.17) is 10.5 Å². The number of aryl methyl sites for hydroxylation is 1. The second-order valence-electron chi connectivity index (χ2n) is 4.98. The van der Waals surface area contributed by atoms with Crippen LogP contribution in [0.15, 0.2) is 18.2 Å². The summed E-state index contributed by atoms with van der Waals surface area (Å²) in [5, 5.41) is 0. The first-order valence-corrected chi connectivity index (χ1v) is 7.12. The van der Waals surface area contributed by atoms with Gasteiger partial charge >= 0.3 is 0 Å². The van der Waals surface area contributed by atoms with Crippen molar-refractivity contribution in [2.24, 2.45) is 5.73 Å². The third-order valence-electron chi connectivity index (χ3n) is 3.81. The number of anilines is 1. The number of piperazine rings is 1. The third-order valence-corrected chi connectivity index (χ3v) is 3.81. The molecule has 2 N–H and O–H groups in total. The van der Waals surface area contributed by atoms with Crippen LogP contribution in [0.3, 0.4) is 0 Å². The van der Waals surface area contributed by atoms with Crippen molar-refractivity contribution in [1.29, 1.82) is 0 Å². The zero-order chi connectivity index (χ0) is 13.7. The van der Waals surface area contributed by atoms with Crippen molar-refractivity contribution < 1.29 is 4.74 Å². The summed E-state index contributed by atoms with van der Waals surface area (Å²) in [5.41, 5.74) is 8.21. The maximum atomic E-state index is 5.61. The Morgan fingerprint density at radius 1 is 1.21 bits per heavy atom. The van der Waals surface area contributed by atoms with Gasteiger partial charge in [0.25, 0.3) is 0 Å². The van der Waals surface area contributed by atoms with Gasteiger partial charge in [0.2, 0.25) is 0 Å². The molecule has 1 aliphatic heterocycles. The van der Waals surface area contributed by atoms with Crippen LogP contribution < -0.4 is 15.4 Å². The van der Waals surface area contributed by atoms with Crippen LogP contribution in [-0.4, -0.2) is 51.3 Å². The van der Waals surface area contributed by atoms with Gasteiger partial charge in [-0.15, -0.1) is 0 Å². The molecule has 0 atom stereocenters. The molecule has 4 heteroatoms. The molecule has 0 radical (unpaired) electrons. The highest BCUT2D eigenvalue weighted by atomic mass is 16.5. The first-order chi connectivity index (χ1) is 9.28. The van der Waals surface area contributed by atoms with Crippen molar-refractivity contribution in [2.45, 2.75) is 13.3 Å². The number of ether oxygens (including phenoxy) is 1. The van der Waals surface area contributed by atoms with Crippen LogP contribution >= 0.6 is 0 Å². The van der Waals surface area contributed by atoms with Crippen molar-refractivity contribution in [3.8, 4) is 5.75 Å². The number of benzene rings is 1. The highest BCUT2D eigenvalue weighted by molar-refractivity contribution is 5.60. The summed E-state index contributed by atoms with van der Waals surface area (Å²) in [6, 6.07) is 6.49. The largest absolute Gasteiger partial charge is 0.495 e. The van der Waals surface area contributed by atoms with Gasteiger partial charge in [-0.05, 0) is 24.1 Å². The van der Waals surface area contributed by atoms with E-state index in [1.807, 2.05) is 0 Å². The Labute approximate surface area is 116 Å². The second-order valence-corrected chi connectivity index (χ2v) is 4.98. The van der Waals surface area contributed by atoms with Crippen LogP contribution in [0.1, 0.15) is 12.5 Å². The maximum Gasteiger partial charge on any atom is 0.142 e. The fourth-order valence-corrected chi connectivity index (χ4v) is 2.60. The van der Waals surface area contributed by atoms with Crippen LogP contribution in [0.2, 0.25) is 0 Å². The van der Waals surface area contributed by atoms with Gasteiger partial charge in [0.05, 0.1) is 12.8 Å². The molecule has 19 heavy (non-hydrogen) atoms. The Kier molecular flexibility index (Phi) is 5.05. The minimum absolute atomic E-state index is 0.745. The topological polar surface area (TPSA) is 41.7 Å². The minimum atomic E-state index is 0.745. The lowest BCUT2D eigenvalue weighted by atomic mass is 10.1. The van der Waals surface area contributed by atoms with Crippen molar-refractivity contribution in [3.63, 3.8) is 0 Å². The molecule has 0 unspecified atom stereocenters. The van der Waals surface area contributed by atoms with Crippen LogP contribution in [0.25, 0.3) is 0 Å². The molecule has 1 aliphatic rings. The van der Waals surface area contributed by atoms with Crippen molar-refractivity contribution >= 4 is 5.69 Å². The molecule has 1 heterocycles. The van der Waals surface area contributed by atoms with Crippen LogP contribution in [-0.2, 0) is 6.42 Å². The van der Waals surface area contributed by atoms with Gasteiger partial charge in [0.15, 0.2) is 0 Å². The Bertz CT molecular complexity index is 400. The van der Waals surface area contributed by atoms with Crippen molar-refractivity contribution in [2.75, 3.05) is 51.3 Å². The molecule has 1 fully saturated rings. The Morgan fingerprint density at radius 2 is 1.95 bits per heavy atom. The summed E-state index contributed by atoms with van der Waals surface area (Å²) >= 11 is 0. The fraction of sp³-hybridized carbons (Fsp3) is 0.600. The van der Waals surface area contributed by atoms with Gasteiger partial charge in [-0.25, -0.2) is 0 Å². The van der Waals surface area contributed by atoms with E-state index in [0.717, 1.165) is 51.4 Å². The summed E-state index contributed by atoms with van der Waals surface area (Å²) in [6.45, 7) is 8.18. The number of rotatable bonds is 5. The van der Waals surface area contributed by atoms with Crippen molar-refractivity contribution in [1.82, 2.24) is 4.90 Å². The molecule has 2 rings (SSSR count). The van der Waals surface area contributed by atoms with Gasteiger partial charge in [-0.2, -0.15) is 0 Å². The van der Waals surface area contributed by atoms with Crippen molar-refractivity contribution in [3.05, 3.63) is 23.8 Å². The predicted molar refractivity (Wildman–Crippen MR) is 80.1 cm³/mol. The van der Waals surface area contributed by atoms with Gasteiger partial charge in [-0.3, -0.25) is 4.90 Å². The molecule has 1 saturated heterocycles. The van der Waals surface area contributed by atoms with E-state index < -0.39 is 0 Å². The van der Waals surface area contributed by atoms with Crippen LogP contribution in [0.5, 0.6) is 5.75 Å². The summed E-state index contributed by atoms with van der Waals surface area (Å²) in [5.74, 6) is 0.976. The molecule has 106 valence electrons. The summed E-state index contributed by atoms with van der Waals surface area (Å²) in [4.78, 5) is 4.84. The molecule has 4 nitrogen and oxygen atoms in total. The van der Waals surface area contributed by atoms with E-state index in [-0.39, 0.29) is 0 Å². The lowest BCUT2D eigenvalue weighted by molar-refractivity contribution is 0.264. The lowest BCUT2D eigenvalue weighted by Gasteiger charge is -2.36. The summed E-state index contributed by atoms with van der Waals surface area (Å²) in [6.07, 6.45) is 1.06. The molecule has 0 amide bonds. The minimum Gasteiger partial charge on any atom is -0.495 e. The quantitative estimate of drug-likeness (QED) is 0.870. The van der Waals surface area contributed by atoms with E-state index >= 15 is 0 Å². The van der Waals surface area contributed by atoms with E-state index in [2.05, 4.69) is 34.9 Å².